The third-order valence-electron chi connectivity index (χ3n) is 1.52. The van der Waals surface area contributed by atoms with Crippen LogP contribution < -0.4 is 0 Å². The number of carbonyl (C=O) groups is 1. The fraction of sp³-hybridized carbons (Fsp3) is 0.125. The van der Waals surface area contributed by atoms with E-state index in [0.717, 1.165) is 12.1 Å². The largest absolute Gasteiger partial charge is 0.478 e. The van der Waals surface area contributed by atoms with E-state index in [1.165, 1.54) is 6.07 Å². The van der Waals surface area contributed by atoms with Gasteiger partial charge in [0.25, 0.3) is 0 Å². The van der Waals surface area contributed by atoms with Crippen LogP contribution in [0, 0.1) is 3.57 Å². The number of benzene rings is 1. The molecule has 0 aromatic heterocycles. The lowest BCUT2D eigenvalue weighted by Crippen LogP contribution is -2.12. The van der Waals surface area contributed by atoms with Crippen molar-refractivity contribution < 1.29 is 23.1 Å². The quantitative estimate of drug-likeness (QED) is 0.809. The first-order valence-corrected chi connectivity index (χ1v) is 4.50. The number of aromatic carboxylic acids is 1. The van der Waals surface area contributed by atoms with Gasteiger partial charge in [-0.25, -0.2) is 4.79 Å². The molecule has 0 spiro atoms. The molecule has 0 fully saturated rings. The third kappa shape index (κ3) is 2.37. The molecule has 1 aromatic carbocycles. The highest BCUT2D eigenvalue weighted by Crippen LogP contribution is 2.32. The van der Waals surface area contributed by atoms with Gasteiger partial charge in [0.05, 0.1) is 11.1 Å². The Morgan fingerprint density at radius 1 is 1.36 bits per heavy atom. The van der Waals surface area contributed by atoms with E-state index in [9.17, 15) is 18.0 Å². The average Bonchev–Trinajstić information content (AvgIpc) is 2.01. The van der Waals surface area contributed by atoms with E-state index < -0.39 is 23.3 Å². The summed E-state index contributed by atoms with van der Waals surface area (Å²) >= 11 is 1.75. The van der Waals surface area contributed by atoms with Gasteiger partial charge in [0.2, 0.25) is 0 Å². The van der Waals surface area contributed by atoms with Crippen molar-refractivity contribution in [2.75, 3.05) is 0 Å². The van der Waals surface area contributed by atoms with Crippen molar-refractivity contribution in [2.45, 2.75) is 6.18 Å². The van der Waals surface area contributed by atoms with E-state index in [2.05, 4.69) is 0 Å². The predicted octanol–water partition coefficient (Wildman–Crippen LogP) is 3.01. The zero-order chi connectivity index (χ0) is 10.9. The van der Waals surface area contributed by atoms with Crippen LogP contribution in [-0.2, 0) is 6.18 Å². The minimum absolute atomic E-state index is 0.452. The smallest absolute Gasteiger partial charge is 0.417 e. The zero-order valence-corrected chi connectivity index (χ0v) is 8.76. The second-order valence-corrected chi connectivity index (χ2v) is 3.74. The molecule has 1 N–H and O–H groups in total. The molecule has 0 unspecified atom stereocenters. The molecular weight excluding hydrogens is 312 g/mol. The molecule has 0 aliphatic rings. The van der Waals surface area contributed by atoms with E-state index in [1.54, 1.807) is 22.6 Å². The van der Waals surface area contributed by atoms with Crippen molar-refractivity contribution in [3.05, 3.63) is 32.9 Å². The Bertz CT molecular complexity index is 373. The molecule has 0 atom stereocenters. The maximum Gasteiger partial charge on any atom is 0.417 e. The van der Waals surface area contributed by atoms with Crippen LogP contribution >= 0.6 is 22.6 Å². The summed E-state index contributed by atoms with van der Waals surface area (Å²) in [7, 11) is 0. The highest BCUT2D eigenvalue weighted by Gasteiger charge is 2.35. The fourth-order valence-corrected chi connectivity index (χ4v) is 1.43. The van der Waals surface area contributed by atoms with Gasteiger partial charge in [-0.15, -0.1) is 0 Å². The van der Waals surface area contributed by atoms with Gasteiger partial charge >= 0.3 is 12.1 Å². The van der Waals surface area contributed by atoms with Crippen LogP contribution in [-0.4, -0.2) is 11.1 Å². The van der Waals surface area contributed by atoms with Gasteiger partial charge in [-0.2, -0.15) is 13.2 Å². The molecular formula is C8H4F3IO2. The second kappa shape index (κ2) is 3.76. The summed E-state index contributed by atoms with van der Waals surface area (Å²) in [5.74, 6) is -1.57. The Balaban J connectivity index is 3.37. The van der Waals surface area contributed by atoms with Gasteiger partial charge < -0.3 is 5.11 Å². The lowest BCUT2D eigenvalue weighted by Gasteiger charge is -2.09. The van der Waals surface area contributed by atoms with Gasteiger partial charge in [0.15, 0.2) is 0 Å². The van der Waals surface area contributed by atoms with Gasteiger partial charge in [-0.1, -0.05) is 0 Å². The third-order valence-corrected chi connectivity index (χ3v) is 2.19. The number of carboxylic acid groups (broad SMARTS) is 1. The zero-order valence-electron chi connectivity index (χ0n) is 6.60. The first-order chi connectivity index (χ1) is 6.32. The lowest BCUT2D eigenvalue weighted by atomic mass is 10.1. The average molecular weight is 316 g/mol. The number of rotatable bonds is 1. The molecule has 0 bridgehead atoms. The maximum absolute atomic E-state index is 12.3. The molecule has 0 saturated carbocycles. The van der Waals surface area contributed by atoms with Crippen molar-refractivity contribution >= 4 is 28.6 Å². The van der Waals surface area contributed by atoms with Gasteiger partial charge in [-0.05, 0) is 40.8 Å². The molecule has 0 heterocycles. The molecule has 1 rings (SSSR count). The van der Waals surface area contributed by atoms with Gasteiger partial charge in [0.1, 0.15) is 0 Å². The first kappa shape index (κ1) is 11.3. The van der Waals surface area contributed by atoms with Crippen LogP contribution in [0.15, 0.2) is 18.2 Å². The van der Waals surface area contributed by atoms with Crippen molar-refractivity contribution in [3.63, 3.8) is 0 Å². The van der Waals surface area contributed by atoms with Crippen molar-refractivity contribution in [1.82, 2.24) is 0 Å². The van der Waals surface area contributed by atoms with Crippen molar-refractivity contribution in [2.24, 2.45) is 0 Å². The molecule has 0 amide bonds. The standard InChI is InChI=1S/C8H4F3IO2/c9-8(10,11)6-2-1-4(12)3-5(6)7(13)14/h1-3H,(H,13,14). The fourth-order valence-electron chi connectivity index (χ4n) is 0.941. The van der Waals surface area contributed by atoms with Crippen LogP contribution in [0.3, 0.4) is 0 Å². The van der Waals surface area contributed by atoms with Crippen LogP contribution in [0.1, 0.15) is 15.9 Å². The minimum Gasteiger partial charge on any atom is -0.478 e. The Morgan fingerprint density at radius 3 is 2.36 bits per heavy atom. The minimum atomic E-state index is -4.63. The summed E-state index contributed by atoms with van der Waals surface area (Å²) in [6, 6.07) is 2.98. The molecule has 0 aliphatic heterocycles. The molecule has 2 nitrogen and oxygen atoms in total. The van der Waals surface area contributed by atoms with Crippen LogP contribution in [0.5, 0.6) is 0 Å². The normalized spacial score (nSPS) is 11.4. The SMILES string of the molecule is O=C(O)c1cc(I)ccc1C(F)(F)F. The Kier molecular flexibility index (Phi) is 3.03. The molecule has 76 valence electrons. The molecule has 6 heteroatoms. The molecule has 0 aliphatic carbocycles. The highest BCUT2D eigenvalue weighted by molar-refractivity contribution is 14.1. The number of alkyl halides is 3. The molecule has 14 heavy (non-hydrogen) atoms. The number of hydrogen-bond donors (Lipinski definition) is 1. The number of hydrogen-bond acceptors (Lipinski definition) is 1. The predicted molar refractivity (Wildman–Crippen MR) is 51.1 cm³/mol. The van der Waals surface area contributed by atoms with Crippen molar-refractivity contribution in [3.8, 4) is 0 Å². The second-order valence-electron chi connectivity index (χ2n) is 2.49. The number of carboxylic acids is 1. The van der Waals surface area contributed by atoms with Gasteiger partial charge in [-0.3, -0.25) is 0 Å². The summed E-state index contributed by atoms with van der Waals surface area (Å²) in [6.07, 6.45) is -4.63. The van der Waals surface area contributed by atoms with E-state index in [0.29, 0.717) is 3.57 Å². The van der Waals surface area contributed by atoms with Crippen LogP contribution in [0.2, 0.25) is 0 Å². The van der Waals surface area contributed by atoms with E-state index in [4.69, 9.17) is 5.11 Å². The van der Waals surface area contributed by atoms with Crippen LogP contribution in [0.4, 0.5) is 13.2 Å². The Labute approximate surface area is 90.9 Å². The topological polar surface area (TPSA) is 37.3 Å². The molecule has 0 saturated heterocycles. The summed E-state index contributed by atoms with van der Waals surface area (Å²) in [5, 5.41) is 8.55. The Morgan fingerprint density at radius 2 is 1.93 bits per heavy atom. The van der Waals surface area contributed by atoms with E-state index >= 15 is 0 Å². The maximum atomic E-state index is 12.3. The summed E-state index contributed by atoms with van der Waals surface area (Å²) < 4.78 is 37.3. The highest BCUT2D eigenvalue weighted by atomic mass is 127. The van der Waals surface area contributed by atoms with E-state index in [-0.39, 0.29) is 0 Å². The summed E-state index contributed by atoms with van der Waals surface area (Å²) in [5.41, 5.74) is -1.84. The number of halogens is 4. The van der Waals surface area contributed by atoms with Crippen molar-refractivity contribution in [1.29, 1.82) is 0 Å². The monoisotopic (exact) mass is 316 g/mol. The Hall–Kier alpha value is -0.790. The lowest BCUT2D eigenvalue weighted by molar-refractivity contribution is -0.138. The summed E-state index contributed by atoms with van der Waals surface area (Å²) in [6.45, 7) is 0. The summed E-state index contributed by atoms with van der Waals surface area (Å²) in [4.78, 5) is 10.5. The van der Waals surface area contributed by atoms with Crippen LogP contribution in [0.25, 0.3) is 0 Å². The van der Waals surface area contributed by atoms with E-state index in [1.807, 2.05) is 0 Å². The van der Waals surface area contributed by atoms with Gasteiger partial charge in [0, 0.05) is 3.57 Å². The molecule has 1 aromatic rings. The first-order valence-electron chi connectivity index (χ1n) is 3.42. The molecule has 0 radical (unpaired) electrons.